The Morgan fingerprint density at radius 3 is 2.03 bits per heavy atom. The van der Waals surface area contributed by atoms with Gasteiger partial charge in [-0.2, -0.15) is 11.3 Å². The maximum absolute atomic E-state index is 8.44. The molecule has 9 rings (SSSR count). The molecule has 1 radical (unpaired) electrons. The van der Waals surface area contributed by atoms with Crippen LogP contribution >= 0.6 is 11.3 Å². The average Bonchev–Trinajstić information content (AvgIpc) is 3.86. The summed E-state index contributed by atoms with van der Waals surface area (Å²) in [5.41, 5.74) is 13.2. The summed E-state index contributed by atoms with van der Waals surface area (Å²) in [6.45, 7) is 24.7. The number of rotatable bonds is 8. The van der Waals surface area contributed by atoms with Crippen LogP contribution in [0.5, 0.6) is 0 Å². The van der Waals surface area contributed by atoms with Crippen LogP contribution in [0.4, 0.5) is 0 Å². The van der Waals surface area contributed by atoms with Gasteiger partial charge in [0, 0.05) is 43.0 Å². The molecule has 65 heavy (non-hydrogen) atoms. The molecule has 0 spiro atoms. The van der Waals surface area contributed by atoms with E-state index in [0.29, 0.717) is 17.4 Å². The zero-order chi connectivity index (χ0) is 49.1. The molecule has 0 fully saturated rings. The summed E-state index contributed by atoms with van der Waals surface area (Å²) in [5, 5.41) is 3.48. The summed E-state index contributed by atoms with van der Waals surface area (Å²) in [6, 6.07) is 45.3. The third-order valence-electron chi connectivity index (χ3n) is 12.0. The molecule has 0 aliphatic carbocycles. The van der Waals surface area contributed by atoms with Gasteiger partial charge in [0.25, 0.3) is 0 Å². The first-order chi connectivity index (χ1) is 31.9. The summed E-state index contributed by atoms with van der Waals surface area (Å²) in [6.07, 6.45) is 1.98. The summed E-state index contributed by atoms with van der Waals surface area (Å²) in [4.78, 5) is 15.9. The fourth-order valence-corrected chi connectivity index (χ4v) is 11.2. The Bertz CT molecular complexity index is 3250. The first-order valence-electron chi connectivity index (χ1n) is 24.4. The van der Waals surface area contributed by atoms with Crippen LogP contribution < -0.4 is 5.19 Å². The van der Waals surface area contributed by atoms with Crippen LogP contribution in [0.25, 0.3) is 70.9 Å². The summed E-state index contributed by atoms with van der Waals surface area (Å²) in [5.74, 6) is 0.868. The van der Waals surface area contributed by atoms with Gasteiger partial charge in [0.05, 0.1) is 30.6 Å². The number of benzene rings is 5. The molecule has 0 unspecified atom stereocenters. The van der Waals surface area contributed by atoms with Crippen LogP contribution in [0.1, 0.15) is 113 Å². The SMILES string of the molecule is [2H]C(C)(C)c1cc(-c2[c-]cccc2)ncc1[Si](C)(C)C.[2H]C([2H])([2H])c1ccc(-c2ccc3c(n2)sc2c(-c4nc5ccccc5n4-c4c(C(C)C)cc(C(C)(C)C)cc4C(C)C)[c-]ccc23)cc1.[Ir]. The second-order valence-electron chi connectivity index (χ2n) is 19.8. The Kier molecular flexibility index (Phi) is 12.5. The van der Waals surface area contributed by atoms with Gasteiger partial charge in [-0.25, -0.2) is 4.98 Å². The molecule has 4 aromatic heterocycles. The topological polar surface area (TPSA) is 43.6 Å². The predicted octanol–water partition coefficient (Wildman–Crippen LogP) is 16.0. The minimum absolute atomic E-state index is 0. The van der Waals surface area contributed by atoms with Gasteiger partial charge in [0.15, 0.2) is 0 Å². The molecular weight excluding hydrogens is 1010 g/mol. The van der Waals surface area contributed by atoms with E-state index in [2.05, 4.69) is 144 Å². The van der Waals surface area contributed by atoms with Crippen molar-refractivity contribution in [2.45, 2.75) is 112 Å². The molecule has 0 saturated carbocycles. The first-order valence-corrected chi connectivity index (χ1v) is 26.7. The predicted molar refractivity (Wildman–Crippen MR) is 279 cm³/mol. The van der Waals surface area contributed by atoms with E-state index < -0.39 is 20.8 Å². The second kappa shape index (κ2) is 19.1. The number of aryl methyl sites for hydroxylation is 1. The van der Waals surface area contributed by atoms with Crippen molar-refractivity contribution in [3.8, 4) is 39.6 Å². The smallest absolute Gasteiger partial charge is 0.114 e. The Morgan fingerprint density at radius 1 is 0.723 bits per heavy atom. The number of nitrogens with zero attached hydrogens (tertiary/aromatic N) is 4. The molecule has 0 saturated heterocycles. The van der Waals surface area contributed by atoms with Gasteiger partial charge in [-0.15, -0.1) is 54.1 Å². The van der Waals surface area contributed by atoms with E-state index in [1.165, 1.54) is 27.6 Å². The summed E-state index contributed by atoms with van der Waals surface area (Å²) in [7, 11) is -1.50. The Labute approximate surface area is 411 Å². The van der Waals surface area contributed by atoms with Crippen molar-refractivity contribution in [2.75, 3.05) is 0 Å². The van der Waals surface area contributed by atoms with Gasteiger partial charge in [0.2, 0.25) is 0 Å². The van der Waals surface area contributed by atoms with Gasteiger partial charge in [0.1, 0.15) is 4.83 Å². The molecule has 4 nitrogen and oxygen atoms in total. The molecular formula is C58H62IrN4SSi-2. The van der Waals surface area contributed by atoms with Crippen LogP contribution in [0.2, 0.25) is 19.6 Å². The van der Waals surface area contributed by atoms with Crippen molar-refractivity contribution in [3.05, 3.63) is 161 Å². The monoisotopic (exact) mass is 1070 g/mol. The number of hydrogen-bond donors (Lipinski definition) is 0. The van der Waals surface area contributed by atoms with Crippen LogP contribution in [0.15, 0.2) is 121 Å². The van der Waals surface area contributed by atoms with Crippen molar-refractivity contribution in [2.24, 2.45) is 0 Å². The molecule has 0 bridgehead atoms. The van der Waals surface area contributed by atoms with Crippen LogP contribution in [-0.2, 0) is 25.5 Å². The van der Waals surface area contributed by atoms with Gasteiger partial charge in [-0.3, -0.25) is 4.98 Å². The number of fused-ring (bicyclic) bond motifs is 4. The zero-order valence-electron chi connectivity index (χ0n) is 43.7. The fraction of sp³-hybridized carbons (Fsp3) is 0.293. The van der Waals surface area contributed by atoms with Crippen molar-refractivity contribution in [1.82, 2.24) is 19.5 Å². The number of para-hydroxylation sites is 2. The number of aromatic nitrogens is 4. The molecule has 0 aliphatic rings. The molecule has 0 atom stereocenters. The van der Waals surface area contributed by atoms with Gasteiger partial charge in [-0.05, 0) is 85.9 Å². The van der Waals surface area contributed by atoms with E-state index in [4.69, 9.17) is 15.5 Å². The molecule has 0 N–H and O–H groups in total. The molecule has 4 heterocycles. The van der Waals surface area contributed by atoms with Crippen LogP contribution in [-0.4, -0.2) is 27.6 Å². The number of hydrogen-bond acceptors (Lipinski definition) is 4. The van der Waals surface area contributed by atoms with Gasteiger partial charge >= 0.3 is 0 Å². The van der Waals surface area contributed by atoms with E-state index in [1.54, 1.807) is 23.5 Å². The quantitative estimate of drug-likeness (QED) is 0.112. The zero-order valence-corrected chi connectivity index (χ0v) is 43.9. The van der Waals surface area contributed by atoms with E-state index in [9.17, 15) is 0 Å². The van der Waals surface area contributed by atoms with Gasteiger partial charge < -0.3 is 9.55 Å². The van der Waals surface area contributed by atoms with E-state index >= 15 is 0 Å². The largest absolute Gasteiger partial charge is 0.333 e. The third kappa shape index (κ3) is 9.76. The molecule has 9 aromatic rings. The van der Waals surface area contributed by atoms with Gasteiger partial charge in [-0.1, -0.05) is 165 Å². The van der Waals surface area contributed by atoms with Crippen molar-refractivity contribution < 1.29 is 25.6 Å². The minimum Gasteiger partial charge on any atom is -0.333 e. The molecule has 0 aliphatic heterocycles. The Hall–Kier alpha value is -5.04. The number of imidazole rings is 1. The molecule has 7 heteroatoms. The van der Waals surface area contributed by atoms with E-state index in [0.717, 1.165) is 70.8 Å². The number of pyridine rings is 2. The minimum atomic E-state index is -2.13. The van der Waals surface area contributed by atoms with Crippen molar-refractivity contribution >= 4 is 55.9 Å². The van der Waals surface area contributed by atoms with E-state index in [1.807, 2.05) is 68.6 Å². The maximum atomic E-state index is 8.44. The van der Waals surface area contributed by atoms with E-state index in [-0.39, 0.29) is 25.5 Å². The van der Waals surface area contributed by atoms with Crippen molar-refractivity contribution in [3.63, 3.8) is 0 Å². The van der Waals surface area contributed by atoms with Crippen LogP contribution in [0.3, 0.4) is 0 Å². The average molecular weight is 1070 g/mol. The number of thiophene rings is 1. The molecule has 5 aromatic carbocycles. The summed E-state index contributed by atoms with van der Waals surface area (Å²) < 4.78 is 35.1. The molecule has 335 valence electrons. The fourth-order valence-electron chi connectivity index (χ4n) is 8.43. The normalized spacial score (nSPS) is 13.3. The standard InChI is InChI=1S/C41H40N3S.C17H22NSi.Ir/c1-24(2)32-22-28(41(6,7)8)23-33(25(3)4)37(32)44-36-15-10-9-14-35(36)42-39(44)31-13-11-12-29-30-20-21-34(43-40(30)45-38(29)31)27-18-16-26(5)17-19-27;1-13(2)15-11-16(14-9-7-6-8-10-14)18-12-17(15)19(3,4)5;/h9-12,14-25H,1-8H3;6-9,11-13H,1-5H3;/q2*-1;/i5D3;13D;. The second-order valence-corrected chi connectivity index (χ2v) is 25.8. The Balaban J connectivity index is 0.000000281. The van der Waals surface area contributed by atoms with Crippen molar-refractivity contribution in [1.29, 1.82) is 0 Å². The Morgan fingerprint density at radius 2 is 1.42 bits per heavy atom. The first kappa shape index (κ1) is 42.6. The molecule has 0 amide bonds. The third-order valence-corrected chi connectivity index (χ3v) is 15.1. The maximum Gasteiger partial charge on any atom is 0.114 e. The van der Waals surface area contributed by atoms with Crippen LogP contribution in [0, 0.1) is 19.0 Å². The summed E-state index contributed by atoms with van der Waals surface area (Å²) >= 11 is 1.65.